The highest BCUT2D eigenvalue weighted by molar-refractivity contribution is 5.82. The third-order valence-electron chi connectivity index (χ3n) is 3.04. The molecular weight excluding hydrogens is 210 g/mol. The van der Waals surface area contributed by atoms with Crippen molar-refractivity contribution in [3.05, 3.63) is 0 Å². The van der Waals surface area contributed by atoms with Crippen molar-refractivity contribution in [1.29, 1.82) is 0 Å². The fourth-order valence-electron chi connectivity index (χ4n) is 2.03. The first kappa shape index (κ1) is 11.4. The van der Waals surface area contributed by atoms with Crippen LogP contribution in [0.4, 0.5) is 0 Å². The van der Waals surface area contributed by atoms with E-state index in [0.717, 1.165) is 25.7 Å². The minimum Gasteiger partial charge on any atom is -0.481 e. The van der Waals surface area contributed by atoms with Crippen LogP contribution in [0.1, 0.15) is 32.1 Å². The first-order valence-electron chi connectivity index (χ1n) is 5.82. The van der Waals surface area contributed by atoms with E-state index >= 15 is 0 Å². The molecule has 1 saturated heterocycles. The van der Waals surface area contributed by atoms with Crippen molar-refractivity contribution in [3.63, 3.8) is 0 Å². The fourth-order valence-corrected chi connectivity index (χ4v) is 2.03. The van der Waals surface area contributed by atoms with E-state index in [0.29, 0.717) is 13.2 Å². The van der Waals surface area contributed by atoms with E-state index in [1.807, 2.05) is 0 Å². The normalized spacial score (nSPS) is 24.4. The number of carboxylic acids is 1. The van der Waals surface area contributed by atoms with Crippen molar-refractivity contribution in [3.8, 4) is 0 Å². The van der Waals surface area contributed by atoms with Crippen molar-refractivity contribution in [2.45, 2.75) is 44.2 Å². The van der Waals surface area contributed by atoms with Crippen molar-refractivity contribution >= 4 is 11.9 Å². The van der Waals surface area contributed by atoms with Gasteiger partial charge in [0.2, 0.25) is 0 Å². The quantitative estimate of drug-likeness (QED) is 0.748. The Morgan fingerprint density at radius 2 is 2.06 bits per heavy atom. The SMILES string of the molecule is O=C(O)CCN(C(=O)[C@@H]1CCCO1)C1CC1. The van der Waals surface area contributed by atoms with Gasteiger partial charge in [0.1, 0.15) is 6.10 Å². The van der Waals surface area contributed by atoms with Gasteiger partial charge in [0.25, 0.3) is 5.91 Å². The van der Waals surface area contributed by atoms with Gasteiger partial charge >= 0.3 is 5.97 Å². The molecule has 0 radical (unpaired) electrons. The summed E-state index contributed by atoms with van der Waals surface area (Å²) in [5.74, 6) is -0.868. The van der Waals surface area contributed by atoms with E-state index in [1.165, 1.54) is 0 Å². The monoisotopic (exact) mass is 227 g/mol. The van der Waals surface area contributed by atoms with E-state index in [4.69, 9.17) is 9.84 Å². The maximum atomic E-state index is 12.0. The smallest absolute Gasteiger partial charge is 0.305 e. The Labute approximate surface area is 94.4 Å². The van der Waals surface area contributed by atoms with Gasteiger partial charge in [-0.25, -0.2) is 0 Å². The van der Waals surface area contributed by atoms with E-state index in [-0.39, 0.29) is 24.5 Å². The predicted octanol–water partition coefficient (Wildman–Crippen LogP) is 0.631. The number of aliphatic carboxylic acids is 1. The second-order valence-electron chi connectivity index (χ2n) is 4.41. The molecular formula is C11H17NO4. The topological polar surface area (TPSA) is 66.8 Å². The largest absolute Gasteiger partial charge is 0.481 e. The predicted molar refractivity (Wildman–Crippen MR) is 56.0 cm³/mol. The van der Waals surface area contributed by atoms with Crippen LogP contribution in [-0.4, -0.2) is 47.2 Å². The highest BCUT2D eigenvalue weighted by atomic mass is 16.5. The lowest BCUT2D eigenvalue weighted by atomic mass is 10.2. The van der Waals surface area contributed by atoms with Gasteiger partial charge in [-0.2, -0.15) is 0 Å². The lowest BCUT2D eigenvalue weighted by Crippen LogP contribution is -2.41. The molecule has 16 heavy (non-hydrogen) atoms. The van der Waals surface area contributed by atoms with Crippen molar-refractivity contribution < 1.29 is 19.4 Å². The average Bonchev–Trinajstić information content (AvgIpc) is 2.93. The minimum atomic E-state index is -0.856. The number of amides is 1. The Bertz CT molecular complexity index is 282. The maximum Gasteiger partial charge on any atom is 0.305 e. The minimum absolute atomic E-state index is 0.0127. The molecule has 2 fully saturated rings. The van der Waals surface area contributed by atoms with Gasteiger partial charge in [-0.3, -0.25) is 9.59 Å². The van der Waals surface area contributed by atoms with Gasteiger partial charge in [-0.15, -0.1) is 0 Å². The molecule has 5 nitrogen and oxygen atoms in total. The summed E-state index contributed by atoms with van der Waals surface area (Å²) >= 11 is 0. The summed E-state index contributed by atoms with van der Waals surface area (Å²) in [7, 11) is 0. The van der Waals surface area contributed by atoms with E-state index in [9.17, 15) is 9.59 Å². The van der Waals surface area contributed by atoms with E-state index in [1.54, 1.807) is 4.90 Å². The van der Waals surface area contributed by atoms with Crippen LogP contribution in [0.15, 0.2) is 0 Å². The van der Waals surface area contributed by atoms with Gasteiger partial charge in [-0.1, -0.05) is 0 Å². The summed E-state index contributed by atoms with van der Waals surface area (Å²) in [6.45, 7) is 0.965. The summed E-state index contributed by atoms with van der Waals surface area (Å²) in [5.41, 5.74) is 0. The molecule has 90 valence electrons. The molecule has 0 aromatic rings. The molecule has 0 unspecified atom stereocenters. The van der Waals surface area contributed by atoms with Gasteiger partial charge in [0.05, 0.1) is 6.42 Å². The summed E-state index contributed by atoms with van der Waals surface area (Å²) in [6.07, 6.45) is 3.39. The number of carboxylic acid groups (broad SMARTS) is 1. The third-order valence-corrected chi connectivity index (χ3v) is 3.04. The maximum absolute atomic E-state index is 12.0. The summed E-state index contributed by atoms with van der Waals surface area (Å²) in [4.78, 5) is 24.3. The lowest BCUT2D eigenvalue weighted by molar-refractivity contribution is -0.143. The lowest BCUT2D eigenvalue weighted by Gasteiger charge is -2.24. The molecule has 1 heterocycles. The first-order chi connectivity index (χ1) is 7.68. The van der Waals surface area contributed by atoms with Crippen LogP contribution in [-0.2, 0) is 14.3 Å². The molecule has 1 saturated carbocycles. The Morgan fingerprint density at radius 1 is 1.31 bits per heavy atom. The number of rotatable bonds is 5. The molecule has 0 spiro atoms. The van der Waals surface area contributed by atoms with E-state index in [2.05, 4.69) is 0 Å². The highest BCUT2D eigenvalue weighted by Crippen LogP contribution is 2.29. The number of hydrogen-bond donors (Lipinski definition) is 1. The van der Waals surface area contributed by atoms with Gasteiger partial charge in [0.15, 0.2) is 0 Å². The molecule has 0 aromatic heterocycles. The Hall–Kier alpha value is -1.10. The van der Waals surface area contributed by atoms with Crippen molar-refractivity contribution in [2.75, 3.05) is 13.2 Å². The molecule has 1 atom stereocenters. The second kappa shape index (κ2) is 4.82. The molecule has 5 heteroatoms. The number of ether oxygens (including phenoxy) is 1. The molecule has 1 aliphatic carbocycles. The second-order valence-corrected chi connectivity index (χ2v) is 4.41. The van der Waals surface area contributed by atoms with Crippen molar-refractivity contribution in [1.82, 2.24) is 4.90 Å². The van der Waals surface area contributed by atoms with Gasteiger partial charge in [-0.05, 0) is 25.7 Å². The van der Waals surface area contributed by atoms with Crippen LogP contribution in [0, 0.1) is 0 Å². The Balaban J connectivity index is 1.89. The molecule has 1 amide bonds. The zero-order chi connectivity index (χ0) is 11.5. The standard InChI is InChI=1S/C11H17NO4/c13-10(14)5-6-12(8-3-4-8)11(15)9-2-1-7-16-9/h8-9H,1-7H2,(H,13,14)/t9-/m0/s1. The summed E-state index contributed by atoms with van der Waals surface area (Å²) in [6, 6.07) is 0.260. The highest BCUT2D eigenvalue weighted by Gasteiger charge is 2.37. The number of hydrogen-bond acceptors (Lipinski definition) is 3. The van der Waals surface area contributed by atoms with Crippen LogP contribution in [0.5, 0.6) is 0 Å². The van der Waals surface area contributed by atoms with Crippen LogP contribution >= 0.6 is 0 Å². The van der Waals surface area contributed by atoms with Crippen LogP contribution in [0.2, 0.25) is 0 Å². The molecule has 1 N–H and O–H groups in total. The zero-order valence-corrected chi connectivity index (χ0v) is 9.22. The first-order valence-corrected chi connectivity index (χ1v) is 5.82. The summed E-state index contributed by atoms with van der Waals surface area (Å²) in [5, 5.41) is 8.64. The molecule has 2 rings (SSSR count). The van der Waals surface area contributed by atoms with Crippen LogP contribution in [0.25, 0.3) is 0 Å². The fraction of sp³-hybridized carbons (Fsp3) is 0.818. The van der Waals surface area contributed by atoms with E-state index < -0.39 is 5.97 Å². The number of nitrogens with zero attached hydrogens (tertiary/aromatic N) is 1. The number of carbonyl (C=O) groups excluding carboxylic acids is 1. The summed E-state index contributed by atoms with van der Waals surface area (Å²) < 4.78 is 5.34. The Kier molecular flexibility index (Phi) is 3.43. The molecule has 0 aromatic carbocycles. The number of carbonyl (C=O) groups is 2. The van der Waals surface area contributed by atoms with Crippen molar-refractivity contribution in [2.24, 2.45) is 0 Å². The molecule has 2 aliphatic rings. The Morgan fingerprint density at radius 3 is 2.56 bits per heavy atom. The zero-order valence-electron chi connectivity index (χ0n) is 9.22. The average molecular weight is 227 g/mol. The third kappa shape index (κ3) is 2.72. The molecule has 0 bridgehead atoms. The molecule has 1 aliphatic heterocycles. The van der Waals surface area contributed by atoms with Crippen LogP contribution in [0.3, 0.4) is 0 Å². The van der Waals surface area contributed by atoms with Gasteiger partial charge in [0, 0.05) is 19.2 Å². The van der Waals surface area contributed by atoms with Crippen LogP contribution < -0.4 is 0 Å². The van der Waals surface area contributed by atoms with Gasteiger partial charge < -0.3 is 14.7 Å².